The molecule has 0 fully saturated rings. The zero-order valence-corrected chi connectivity index (χ0v) is 13.7. The maximum absolute atomic E-state index is 12.6. The van der Waals surface area contributed by atoms with E-state index in [1.54, 1.807) is 13.2 Å². The van der Waals surface area contributed by atoms with Crippen LogP contribution in [0.15, 0.2) is 6.20 Å². The van der Waals surface area contributed by atoms with Gasteiger partial charge in [-0.3, -0.25) is 4.79 Å². The van der Waals surface area contributed by atoms with Crippen molar-refractivity contribution in [3.8, 4) is 0 Å². The molecule has 3 rings (SSSR count). The molecule has 0 aromatic carbocycles. The fourth-order valence-corrected chi connectivity index (χ4v) is 3.29. The monoisotopic (exact) mass is 323 g/mol. The van der Waals surface area contributed by atoms with Crippen LogP contribution in [0.5, 0.6) is 0 Å². The molecule has 2 aromatic heterocycles. The Labute approximate surface area is 131 Å². The number of hydrogen-bond donors (Lipinski definition) is 0. The number of amides is 1. The van der Waals surface area contributed by atoms with E-state index in [1.165, 1.54) is 16.2 Å². The van der Waals surface area contributed by atoms with E-state index in [0.717, 1.165) is 10.0 Å². The number of fused-ring (bicyclic) bond motifs is 2. The first-order valence-electron chi connectivity index (χ1n) is 6.45. The summed E-state index contributed by atoms with van der Waals surface area (Å²) in [5, 5.41) is 1.86. The Bertz CT molecular complexity index is 729. The number of rotatable bonds is 1. The second kappa shape index (κ2) is 4.92. The van der Waals surface area contributed by atoms with Crippen LogP contribution in [0.25, 0.3) is 0 Å². The van der Waals surface area contributed by atoms with Gasteiger partial charge in [-0.15, -0.1) is 11.3 Å². The topological polar surface area (TPSA) is 62.2 Å². The summed E-state index contributed by atoms with van der Waals surface area (Å²) in [6.07, 6.45) is 1.55. The third kappa shape index (κ3) is 2.16. The molecule has 0 unspecified atom stereocenters. The number of anilines is 3. The van der Waals surface area contributed by atoms with E-state index in [9.17, 15) is 4.79 Å². The van der Waals surface area contributed by atoms with Crippen molar-refractivity contribution in [3.63, 3.8) is 0 Å². The molecule has 0 bridgehead atoms. The van der Waals surface area contributed by atoms with Crippen molar-refractivity contribution < 1.29 is 4.79 Å². The number of carbonyl (C=O) groups excluding carboxylic acids is 1. The van der Waals surface area contributed by atoms with Crippen LogP contribution in [0, 0.1) is 0 Å². The quantitative estimate of drug-likeness (QED) is 0.755. The molecule has 8 heteroatoms. The lowest BCUT2D eigenvalue weighted by Crippen LogP contribution is -2.26. The van der Waals surface area contributed by atoms with Crippen LogP contribution >= 0.6 is 22.9 Å². The molecule has 110 valence electrons. The molecule has 1 aliphatic rings. The third-order valence-corrected chi connectivity index (χ3v) is 4.95. The summed E-state index contributed by atoms with van der Waals surface area (Å²) in [5.74, 6) is 0.704. The second-order valence-electron chi connectivity index (χ2n) is 5.13. The van der Waals surface area contributed by atoms with Crippen molar-refractivity contribution >= 4 is 45.4 Å². The maximum Gasteiger partial charge on any atom is 0.279 e. The third-order valence-electron chi connectivity index (χ3n) is 3.33. The smallest absolute Gasteiger partial charge is 0.279 e. The van der Waals surface area contributed by atoms with Crippen molar-refractivity contribution in [2.75, 3.05) is 23.9 Å². The first-order chi connectivity index (χ1) is 9.90. The van der Waals surface area contributed by atoms with Gasteiger partial charge < -0.3 is 9.80 Å². The number of hydrogen-bond acceptors (Lipinski definition) is 6. The van der Waals surface area contributed by atoms with E-state index in [4.69, 9.17) is 11.6 Å². The molecular formula is C13H14ClN5OS. The van der Waals surface area contributed by atoms with Crippen molar-refractivity contribution in [1.29, 1.82) is 0 Å². The van der Waals surface area contributed by atoms with Gasteiger partial charge in [0.15, 0.2) is 11.5 Å². The molecular weight excluding hydrogens is 310 g/mol. The van der Waals surface area contributed by atoms with Gasteiger partial charge in [0.2, 0.25) is 5.28 Å². The van der Waals surface area contributed by atoms with Gasteiger partial charge in [0.05, 0.1) is 11.2 Å². The van der Waals surface area contributed by atoms with E-state index < -0.39 is 0 Å². The minimum Gasteiger partial charge on any atom is -0.317 e. The van der Waals surface area contributed by atoms with E-state index in [-0.39, 0.29) is 17.1 Å². The minimum absolute atomic E-state index is 0.151. The maximum atomic E-state index is 12.6. The molecule has 0 atom stereocenters. The van der Waals surface area contributed by atoms with Crippen molar-refractivity contribution in [3.05, 3.63) is 22.2 Å². The van der Waals surface area contributed by atoms with E-state index in [1.807, 2.05) is 11.9 Å². The lowest BCUT2D eigenvalue weighted by atomic mass is 10.2. The fraction of sp³-hybridized carbons (Fsp3) is 0.385. The highest BCUT2D eigenvalue weighted by molar-refractivity contribution is 7.16. The van der Waals surface area contributed by atoms with Crippen molar-refractivity contribution in [2.24, 2.45) is 0 Å². The van der Waals surface area contributed by atoms with Crippen LogP contribution in [0.4, 0.5) is 16.5 Å². The normalized spacial score (nSPS) is 14.3. The number of halogens is 1. The Morgan fingerprint density at radius 1 is 1.24 bits per heavy atom. The number of thiazole rings is 1. The standard InChI is InChI=1S/C13H14ClN5OS/c1-6(2)10-16-8-11(20)18(3)7-5-15-13(14)17-9(7)19(4)12(8)21-10/h5-6H,1-4H3. The zero-order valence-electron chi connectivity index (χ0n) is 12.1. The lowest BCUT2D eigenvalue weighted by Gasteiger charge is -2.19. The molecule has 0 N–H and O–H groups in total. The van der Waals surface area contributed by atoms with Gasteiger partial charge >= 0.3 is 0 Å². The Balaban J connectivity index is 2.24. The Morgan fingerprint density at radius 3 is 2.62 bits per heavy atom. The van der Waals surface area contributed by atoms with Crippen molar-refractivity contribution in [2.45, 2.75) is 19.8 Å². The molecule has 6 nitrogen and oxygen atoms in total. The Morgan fingerprint density at radius 2 is 1.95 bits per heavy atom. The van der Waals surface area contributed by atoms with Crippen LogP contribution < -0.4 is 9.80 Å². The number of nitrogens with zero attached hydrogens (tertiary/aromatic N) is 5. The van der Waals surface area contributed by atoms with E-state index in [0.29, 0.717) is 17.2 Å². The van der Waals surface area contributed by atoms with Gasteiger partial charge in [-0.2, -0.15) is 4.98 Å². The van der Waals surface area contributed by atoms with Crippen LogP contribution in [-0.4, -0.2) is 35.0 Å². The van der Waals surface area contributed by atoms with Crippen molar-refractivity contribution in [1.82, 2.24) is 15.0 Å². The molecule has 0 saturated carbocycles. The summed E-state index contributed by atoms with van der Waals surface area (Å²) in [7, 11) is 3.55. The summed E-state index contributed by atoms with van der Waals surface area (Å²) in [6, 6.07) is 0. The average molecular weight is 324 g/mol. The highest BCUT2D eigenvalue weighted by Gasteiger charge is 2.32. The number of aromatic nitrogens is 3. The molecule has 0 spiro atoms. The zero-order chi connectivity index (χ0) is 15.3. The molecule has 21 heavy (non-hydrogen) atoms. The van der Waals surface area contributed by atoms with Gasteiger partial charge in [0, 0.05) is 20.0 Å². The molecule has 0 radical (unpaired) electrons. The van der Waals surface area contributed by atoms with Crippen LogP contribution in [0.1, 0.15) is 35.3 Å². The molecule has 1 aliphatic heterocycles. The Hall–Kier alpha value is -1.73. The first kappa shape index (κ1) is 14.2. The van der Waals surface area contributed by atoms with Gasteiger partial charge in [0.25, 0.3) is 5.91 Å². The fourth-order valence-electron chi connectivity index (χ4n) is 2.14. The highest BCUT2D eigenvalue weighted by Crippen LogP contribution is 2.42. The Kier molecular flexibility index (Phi) is 3.33. The molecule has 0 saturated heterocycles. The number of carbonyl (C=O) groups is 1. The van der Waals surface area contributed by atoms with Gasteiger partial charge in [-0.05, 0) is 11.6 Å². The first-order valence-corrected chi connectivity index (χ1v) is 7.64. The lowest BCUT2D eigenvalue weighted by molar-refractivity contribution is 0.0990. The van der Waals surface area contributed by atoms with Gasteiger partial charge in [-0.1, -0.05) is 13.8 Å². The molecule has 1 amide bonds. The highest BCUT2D eigenvalue weighted by atomic mass is 35.5. The molecule has 2 aromatic rings. The van der Waals surface area contributed by atoms with Crippen LogP contribution in [0.3, 0.4) is 0 Å². The van der Waals surface area contributed by atoms with Crippen LogP contribution in [-0.2, 0) is 0 Å². The second-order valence-corrected chi connectivity index (χ2v) is 6.48. The average Bonchev–Trinajstić information content (AvgIpc) is 2.87. The summed E-state index contributed by atoms with van der Waals surface area (Å²) < 4.78 is 0. The predicted octanol–water partition coefficient (Wildman–Crippen LogP) is 3.07. The van der Waals surface area contributed by atoms with Gasteiger partial charge in [0.1, 0.15) is 10.7 Å². The van der Waals surface area contributed by atoms with E-state index in [2.05, 4.69) is 28.8 Å². The summed E-state index contributed by atoms with van der Waals surface area (Å²) >= 11 is 7.40. The summed E-state index contributed by atoms with van der Waals surface area (Å²) in [4.78, 5) is 28.7. The predicted molar refractivity (Wildman–Crippen MR) is 84.0 cm³/mol. The minimum atomic E-state index is -0.162. The molecule has 3 heterocycles. The van der Waals surface area contributed by atoms with Gasteiger partial charge in [-0.25, -0.2) is 9.97 Å². The summed E-state index contributed by atoms with van der Waals surface area (Å²) in [5.41, 5.74) is 1.06. The van der Waals surface area contributed by atoms with E-state index >= 15 is 0 Å². The summed E-state index contributed by atoms with van der Waals surface area (Å²) in [6.45, 7) is 4.11. The SMILES string of the molecule is CC(C)c1nc2c(s1)N(C)c1nc(Cl)ncc1N(C)C2=O. The van der Waals surface area contributed by atoms with Crippen LogP contribution in [0.2, 0.25) is 5.28 Å². The largest absolute Gasteiger partial charge is 0.317 e. The molecule has 0 aliphatic carbocycles.